The molecule has 20 heavy (non-hydrogen) atoms. The number of ether oxygens (including phenoxy) is 1. The van der Waals surface area contributed by atoms with Crippen molar-refractivity contribution in [1.82, 2.24) is 4.90 Å². The Morgan fingerprint density at radius 3 is 2.80 bits per heavy atom. The predicted octanol–water partition coefficient (Wildman–Crippen LogP) is 1.50. The quantitative estimate of drug-likeness (QED) is 0.350. The van der Waals surface area contributed by atoms with Crippen LogP contribution in [0.15, 0.2) is 5.16 Å². The summed E-state index contributed by atoms with van der Waals surface area (Å²) in [6, 6.07) is 0.663. The summed E-state index contributed by atoms with van der Waals surface area (Å²) < 4.78 is 6.10. The molecule has 0 amide bonds. The second-order valence-electron chi connectivity index (χ2n) is 6.32. The topological polar surface area (TPSA) is 71.1 Å². The van der Waals surface area contributed by atoms with E-state index in [1.54, 1.807) is 0 Å². The summed E-state index contributed by atoms with van der Waals surface area (Å²) in [6.07, 6.45) is 5.58. The number of oxime groups is 1. The van der Waals surface area contributed by atoms with Gasteiger partial charge in [-0.2, -0.15) is 11.8 Å². The summed E-state index contributed by atoms with van der Waals surface area (Å²) in [4.78, 5) is 2.61. The molecule has 0 radical (unpaired) electrons. The van der Waals surface area contributed by atoms with Crippen molar-refractivity contribution in [3.05, 3.63) is 0 Å². The first-order valence-corrected chi connectivity index (χ1v) is 8.81. The zero-order valence-electron chi connectivity index (χ0n) is 12.0. The molecule has 0 aromatic carbocycles. The van der Waals surface area contributed by atoms with Crippen molar-refractivity contribution in [2.45, 2.75) is 43.7 Å². The van der Waals surface area contributed by atoms with E-state index in [2.05, 4.69) is 10.1 Å². The van der Waals surface area contributed by atoms with E-state index in [9.17, 15) is 0 Å². The number of thioether (sulfide) groups is 1. The lowest BCUT2D eigenvalue weighted by Gasteiger charge is -2.44. The van der Waals surface area contributed by atoms with E-state index in [1.807, 2.05) is 11.8 Å². The Hall–Kier alpha value is -0.460. The van der Waals surface area contributed by atoms with E-state index >= 15 is 0 Å². The third-order valence-corrected chi connectivity index (χ3v) is 6.34. The molecule has 114 valence electrons. The van der Waals surface area contributed by atoms with E-state index < -0.39 is 0 Å². The average molecular weight is 299 g/mol. The minimum Gasteiger partial charge on any atom is -0.409 e. The standard InChI is InChI=1S/C14H25N3O2S/c15-13(16-18)11-1-5-17(6-2-11)12-3-7-19-14(9-12)4-8-20-10-14/h11-12,18H,1-10H2,(H2,15,16). The lowest BCUT2D eigenvalue weighted by molar-refractivity contribution is -0.0921. The zero-order valence-corrected chi connectivity index (χ0v) is 12.8. The van der Waals surface area contributed by atoms with Crippen LogP contribution in [0.5, 0.6) is 0 Å². The van der Waals surface area contributed by atoms with Crippen LogP contribution in [-0.4, -0.2) is 58.8 Å². The number of rotatable bonds is 2. The molecule has 3 saturated heterocycles. The van der Waals surface area contributed by atoms with Crippen LogP contribution in [0.4, 0.5) is 0 Å². The second kappa shape index (κ2) is 6.12. The Morgan fingerprint density at radius 2 is 2.15 bits per heavy atom. The summed E-state index contributed by atoms with van der Waals surface area (Å²) in [5.41, 5.74) is 5.89. The third kappa shape index (κ3) is 2.92. The molecule has 3 fully saturated rings. The molecule has 0 aromatic heterocycles. The van der Waals surface area contributed by atoms with Gasteiger partial charge in [-0.1, -0.05) is 5.16 Å². The van der Waals surface area contributed by atoms with Gasteiger partial charge >= 0.3 is 0 Å². The van der Waals surface area contributed by atoms with Crippen molar-refractivity contribution in [3.8, 4) is 0 Å². The largest absolute Gasteiger partial charge is 0.409 e. The molecule has 3 rings (SSSR count). The van der Waals surface area contributed by atoms with Crippen LogP contribution < -0.4 is 5.73 Å². The molecule has 3 heterocycles. The van der Waals surface area contributed by atoms with Crippen LogP contribution >= 0.6 is 11.8 Å². The van der Waals surface area contributed by atoms with Crippen LogP contribution in [0, 0.1) is 5.92 Å². The van der Waals surface area contributed by atoms with Crippen molar-refractivity contribution in [1.29, 1.82) is 0 Å². The molecule has 1 spiro atoms. The lowest BCUT2D eigenvalue weighted by Crippen LogP contribution is -2.51. The summed E-state index contributed by atoms with van der Waals surface area (Å²) in [7, 11) is 0. The number of nitrogens with two attached hydrogens (primary N) is 1. The van der Waals surface area contributed by atoms with Crippen LogP contribution in [0.3, 0.4) is 0 Å². The molecule has 5 nitrogen and oxygen atoms in total. The predicted molar refractivity (Wildman–Crippen MR) is 81.4 cm³/mol. The first-order valence-electron chi connectivity index (χ1n) is 7.66. The average Bonchev–Trinajstić information content (AvgIpc) is 2.94. The van der Waals surface area contributed by atoms with E-state index in [-0.39, 0.29) is 11.5 Å². The highest BCUT2D eigenvalue weighted by molar-refractivity contribution is 7.99. The maximum Gasteiger partial charge on any atom is 0.142 e. The van der Waals surface area contributed by atoms with Crippen molar-refractivity contribution >= 4 is 17.6 Å². The number of nitrogens with zero attached hydrogens (tertiary/aromatic N) is 2. The van der Waals surface area contributed by atoms with E-state index in [0.29, 0.717) is 11.9 Å². The van der Waals surface area contributed by atoms with Gasteiger partial charge in [0, 0.05) is 24.3 Å². The Kier molecular flexibility index (Phi) is 4.43. The molecule has 2 atom stereocenters. The van der Waals surface area contributed by atoms with Crippen LogP contribution in [0.25, 0.3) is 0 Å². The molecule has 0 bridgehead atoms. The van der Waals surface area contributed by atoms with E-state index in [4.69, 9.17) is 15.7 Å². The lowest BCUT2D eigenvalue weighted by atomic mass is 9.87. The first-order chi connectivity index (χ1) is 9.72. The van der Waals surface area contributed by atoms with E-state index in [1.165, 1.54) is 24.3 Å². The Bertz CT molecular complexity index is 363. The highest BCUT2D eigenvalue weighted by Crippen LogP contribution is 2.40. The fourth-order valence-corrected chi connectivity index (χ4v) is 5.20. The van der Waals surface area contributed by atoms with Crippen molar-refractivity contribution in [2.75, 3.05) is 31.2 Å². The minimum atomic E-state index is 0.163. The summed E-state index contributed by atoms with van der Waals surface area (Å²) in [5.74, 6) is 3.08. The van der Waals surface area contributed by atoms with Gasteiger partial charge in [0.25, 0.3) is 0 Å². The van der Waals surface area contributed by atoms with Crippen molar-refractivity contribution < 1.29 is 9.94 Å². The molecule has 0 aromatic rings. The molecule has 3 N–H and O–H groups in total. The highest BCUT2D eigenvalue weighted by Gasteiger charge is 2.42. The number of likely N-dealkylation sites (tertiary alicyclic amines) is 1. The first kappa shape index (κ1) is 14.5. The maximum atomic E-state index is 8.77. The number of amidine groups is 1. The molecular weight excluding hydrogens is 274 g/mol. The highest BCUT2D eigenvalue weighted by atomic mass is 32.2. The zero-order chi connectivity index (χ0) is 14.0. The monoisotopic (exact) mass is 299 g/mol. The maximum absolute atomic E-state index is 8.77. The number of piperidine rings is 1. The molecule has 3 aliphatic rings. The molecule has 0 saturated carbocycles. The van der Waals surface area contributed by atoms with Crippen molar-refractivity contribution in [2.24, 2.45) is 16.8 Å². The molecule has 6 heteroatoms. The summed E-state index contributed by atoms with van der Waals surface area (Å²) in [5, 5.41) is 11.9. The van der Waals surface area contributed by atoms with Crippen LogP contribution in [0.2, 0.25) is 0 Å². The van der Waals surface area contributed by atoms with Crippen LogP contribution in [0.1, 0.15) is 32.1 Å². The van der Waals surface area contributed by atoms with Crippen molar-refractivity contribution in [3.63, 3.8) is 0 Å². The van der Waals surface area contributed by atoms with Gasteiger partial charge in [0.05, 0.1) is 5.60 Å². The molecule has 2 unspecified atom stereocenters. The van der Waals surface area contributed by atoms with Gasteiger partial charge < -0.3 is 20.6 Å². The van der Waals surface area contributed by atoms with Crippen LogP contribution in [-0.2, 0) is 4.74 Å². The SMILES string of the molecule is NC(=NO)C1CCN(C2CCOC3(CCSC3)C2)CC1. The normalized spacial score (nSPS) is 37.6. The van der Waals surface area contributed by atoms with Gasteiger partial charge in [-0.3, -0.25) is 0 Å². The number of hydrogen-bond donors (Lipinski definition) is 2. The van der Waals surface area contributed by atoms with Gasteiger partial charge in [-0.15, -0.1) is 0 Å². The van der Waals surface area contributed by atoms with Gasteiger partial charge in [-0.05, 0) is 50.9 Å². The Balaban J connectivity index is 1.55. The fourth-order valence-electron chi connectivity index (χ4n) is 3.82. The van der Waals surface area contributed by atoms with E-state index in [0.717, 1.165) is 39.0 Å². The smallest absolute Gasteiger partial charge is 0.142 e. The Morgan fingerprint density at radius 1 is 1.35 bits per heavy atom. The molecule has 3 aliphatic heterocycles. The molecular formula is C14H25N3O2S. The summed E-state index contributed by atoms with van der Waals surface area (Å²) in [6.45, 7) is 3.04. The third-order valence-electron chi connectivity index (χ3n) is 5.11. The molecule has 0 aliphatic carbocycles. The minimum absolute atomic E-state index is 0.163. The van der Waals surface area contributed by atoms with Gasteiger partial charge in [0.15, 0.2) is 0 Å². The van der Waals surface area contributed by atoms with Gasteiger partial charge in [-0.25, -0.2) is 0 Å². The Labute approximate surface area is 124 Å². The fraction of sp³-hybridized carbons (Fsp3) is 0.929. The van der Waals surface area contributed by atoms with Gasteiger partial charge in [0.2, 0.25) is 0 Å². The second-order valence-corrected chi connectivity index (χ2v) is 7.42. The summed E-state index contributed by atoms with van der Waals surface area (Å²) >= 11 is 2.03. The van der Waals surface area contributed by atoms with Gasteiger partial charge in [0.1, 0.15) is 5.84 Å². The number of hydrogen-bond acceptors (Lipinski definition) is 5.